The van der Waals surface area contributed by atoms with Crippen molar-refractivity contribution in [1.82, 2.24) is 4.90 Å². The molecular formula is C13H22BrNO2. The van der Waals surface area contributed by atoms with E-state index in [9.17, 15) is 5.11 Å². The molecule has 1 heterocycles. The highest BCUT2D eigenvalue weighted by atomic mass is 79.9. The minimum absolute atomic E-state index is 0.0418. The first-order valence-electron chi connectivity index (χ1n) is 6.44. The fourth-order valence-corrected chi connectivity index (χ4v) is 3.54. The molecule has 2 atom stereocenters. The Morgan fingerprint density at radius 1 is 1.53 bits per heavy atom. The van der Waals surface area contributed by atoms with E-state index >= 15 is 0 Å². The number of likely N-dealkylation sites (tertiary alicyclic amines) is 1. The van der Waals surface area contributed by atoms with Crippen molar-refractivity contribution in [2.45, 2.75) is 38.4 Å². The lowest BCUT2D eigenvalue weighted by atomic mass is 9.58. The molecule has 0 aromatic rings. The third kappa shape index (κ3) is 2.60. The number of aliphatic hydroxyl groups is 1. The molecule has 17 heavy (non-hydrogen) atoms. The summed E-state index contributed by atoms with van der Waals surface area (Å²) in [6, 6.07) is 0. The molecule has 2 rings (SSSR count). The molecule has 1 aliphatic carbocycles. The van der Waals surface area contributed by atoms with E-state index in [0.29, 0.717) is 0 Å². The molecule has 1 saturated heterocycles. The third-order valence-electron chi connectivity index (χ3n) is 4.29. The molecule has 0 bridgehead atoms. The Balaban J connectivity index is 1.90. The summed E-state index contributed by atoms with van der Waals surface area (Å²) in [5.74, 6) is 0. The summed E-state index contributed by atoms with van der Waals surface area (Å²) in [7, 11) is 0. The van der Waals surface area contributed by atoms with Crippen molar-refractivity contribution < 1.29 is 9.84 Å². The first kappa shape index (κ1) is 13.5. The molecule has 1 N–H and O–H groups in total. The Bertz CT molecular complexity index is 285. The quantitative estimate of drug-likeness (QED) is 0.864. The lowest BCUT2D eigenvalue weighted by Gasteiger charge is -2.56. The molecule has 0 radical (unpaired) electrons. The van der Waals surface area contributed by atoms with Gasteiger partial charge in [-0.05, 0) is 32.9 Å². The normalized spacial score (nSPS) is 32.4. The van der Waals surface area contributed by atoms with Crippen LogP contribution >= 0.6 is 15.9 Å². The number of nitrogens with zero attached hydrogens (tertiary/aromatic N) is 1. The van der Waals surface area contributed by atoms with E-state index in [1.54, 1.807) is 0 Å². The number of halogens is 1. The van der Waals surface area contributed by atoms with Crippen LogP contribution in [0.15, 0.2) is 11.1 Å². The molecule has 1 aliphatic heterocycles. The van der Waals surface area contributed by atoms with Gasteiger partial charge < -0.3 is 9.84 Å². The van der Waals surface area contributed by atoms with Crippen molar-refractivity contribution in [3.63, 3.8) is 0 Å². The Morgan fingerprint density at radius 3 is 2.65 bits per heavy atom. The fourth-order valence-electron chi connectivity index (χ4n) is 3.19. The number of piperidine rings is 1. The van der Waals surface area contributed by atoms with Gasteiger partial charge in [0.1, 0.15) is 0 Å². The van der Waals surface area contributed by atoms with Crippen molar-refractivity contribution in [2.75, 3.05) is 26.2 Å². The second kappa shape index (κ2) is 5.39. The van der Waals surface area contributed by atoms with Crippen LogP contribution in [0.5, 0.6) is 0 Å². The highest BCUT2D eigenvalue weighted by Gasteiger charge is 2.55. The lowest BCUT2D eigenvalue weighted by Crippen LogP contribution is -2.62. The molecule has 0 amide bonds. The molecule has 0 aromatic heterocycles. The molecule has 3 nitrogen and oxygen atoms in total. The van der Waals surface area contributed by atoms with Gasteiger partial charge in [0, 0.05) is 29.5 Å². The summed E-state index contributed by atoms with van der Waals surface area (Å²) in [5.41, 5.74) is 0.0418. The van der Waals surface area contributed by atoms with Gasteiger partial charge >= 0.3 is 0 Å². The second-order valence-electron chi connectivity index (χ2n) is 5.22. The third-order valence-corrected chi connectivity index (χ3v) is 4.54. The first-order valence-corrected chi connectivity index (χ1v) is 7.23. The van der Waals surface area contributed by atoms with E-state index in [1.807, 2.05) is 6.92 Å². The van der Waals surface area contributed by atoms with Gasteiger partial charge in [0.25, 0.3) is 0 Å². The number of rotatable bonds is 4. The van der Waals surface area contributed by atoms with Crippen molar-refractivity contribution in [2.24, 2.45) is 5.41 Å². The van der Waals surface area contributed by atoms with Gasteiger partial charge in [0.05, 0.1) is 12.2 Å². The van der Waals surface area contributed by atoms with Gasteiger partial charge in [-0.1, -0.05) is 22.5 Å². The van der Waals surface area contributed by atoms with Crippen LogP contribution < -0.4 is 0 Å². The Labute approximate surface area is 112 Å². The predicted octanol–water partition coefficient (Wildman–Crippen LogP) is 2.15. The smallest absolute Gasteiger partial charge is 0.0681 e. The Hall–Kier alpha value is 0.1000. The maximum Gasteiger partial charge on any atom is 0.0681 e. The molecule has 2 aliphatic rings. The van der Waals surface area contributed by atoms with Crippen LogP contribution in [-0.4, -0.2) is 48.5 Å². The van der Waals surface area contributed by atoms with Crippen molar-refractivity contribution in [1.29, 1.82) is 0 Å². The molecule has 2 unspecified atom stereocenters. The zero-order valence-electron chi connectivity index (χ0n) is 10.5. The molecule has 98 valence electrons. The maximum absolute atomic E-state index is 10.1. The van der Waals surface area contributed by atoms with Crippen molar-refractivity contribution in [3.05, 3.63) is 11.1 Å². The number of ether oxygens (including phenoxy) is 1. The van der Waals surface area contributed by atoms with Crippen LogP contribution in [0.3, 0.4) is 0 Å². The zero-order chi connectivity index (χ0) is 12.5. The summed E-state index contributed by atoms with van der Waals surface area (Å²) in [6.45, 7) is 9.64. The molecule has 1 saturated carbocycles. The average Bonchev–Trinajstić information content (AvgIpc) is 2.29. The number of hydrogen-bond donors (Lipinski definition) is 1. The van der Waals surface area contributed by atoms with Crippen LogP contribution in [0.1, 0.15) is 26.2 Å². The van der Waals surface area contributed by atoms with Crippen LogP contribution in [0.2, 0.25) is 0 Å². The molecule has 0 aromatic carbocycles. The van der Waals surface area contributed by atoms with Gasteiger partial charge in [0.2, 0.25) is 0 Å². The summed E-state index contributed by atoms with van der Waals surface area (Å²) < 4.78 is 6.78. The molecular weight excluding hydrogens is 282 g/mol. The summed E-state index contributed by atoms with van der Waals surface area (Å²) >= 11 is 3.41. The second-order valence-corrected chi connectivity index (χ2v) is 6.34. The maximum atomic E-state index is 10.1. The zero-order valence-corrected chi connectivity index (χ0v) is 12.1. The van der Waals surface area contributed by atoms with E-state index in [4.69, 9.17) is 4.74 Å². The molecule has 1 spiro atoms. The summed E-state index contributed by atoms with van der Waals surface area (Å²) in [5, 5.41) is 10.1. The standard InChI is InChI=1S/C13H22BrNO2/c1-3-17-12-8-11(16)13(12)4-6-15(7-5-13)9-10(2)14/h11-12,16H,2-9H2,1H3. The topological polar surface area (TPSA) is 32.7 Å². The predicted molar refractivity (Wildman–Crippen MR) is 72.2 cm³/mol. The monoisotopic (exact) mass is 303 g/mol. The van der Waals surface area contributed by atoms with Gasteiger partial charge in [-0.25, -0.2) is 0 Å². The van der Waals surface area contributed by atoms with Crippen molar-refractivity contribution in [3.8, 4) is 0 Å². The Kier molecular flexibility index (Phi) is 4.29. The largest absolute Gasteiger partial charge is 0.392 e. The van der Waals surface area contributed by atoms with Gasteiger partial charge in [-0.3, -0.25) is 4.90 Å². The van der Waals surface area contributed by atoms with E-state index in [-0.39, 0.29) is 17.6 Å². The Morgan fingerprint density at radius 2 is 2.18 bits per heavy atom. The lowest BCUT2D eigenvalue weighted by molar-refractivity contribution is -0.209. The van der Waals surface area contributed by atoms with Crippen LogP contribution in [-0.2, 0) is 4.74 Å². The fraction of sp³-hybridized carbons (Fsp3) is 0.846. The highest BCUT2D eigenvalue weighted by Crippen LogP contribution is 2.50. The molecule has 4 heteroatoms. The van der Waals surface area contributed by atoms with E-state index in [0.717, 1.165) is 50.0 Å². The van der Waals surface area contributed by atoms with Gasteiger partial charge in [-0.2, -0.15) is 0 Å². The average molecular weight is 304 g/mol. The van der Waals surface area contributed by atoms with E-state index in [2.05, 4.69) is 27.4 Å². The number of hydrogen-bond acceptors (Lipinski definition) is 3. The molecule has 2 fully saturated rings. The van der Waals surface area contributed by atoms with E-state index < -0.39 is 0 Å². The SMILES string of the molecule is C=C(Br)CN1CCC2(CC1)C(O)CC2OCC. The van der Waals surface area contributed by atoms with Gasteiger partial charge in [0.15, 0.2) is 0 Å². The minimum atomic E-state index is -0.159. The minimum Gasteiger partial charge on any atom is -0.392 e. The number of aliphatic hydroxyl groups excluding tert-OH is 1. The first-order chi connectivity index (χ1) is 8.08. The van der Waals surface area contributed by atoms with Crippen LogP contribution in [0, 0.1) is 5.41 Å². The highest BCUT2D eigenvalue weighted by molar-refractivity contribution is 9.11. The summed E-state index contributed by atoms with van der Waals surface area (Å²) in [6.07, 6.45) is 3.02. The van der Waals surface area contributed by atoms with Crippen molar-refractivity contribution >= 4 is 15.9 Å². The van der Waals surface area contributed by atoms with Crippen LogP contribution in [0.25, 0.3) is 0 Å². The van der Waals surface area contributed by atoms with Crippen LogP contribution in [0.4, 0.5) is 0 Å². The van der Waals surface area contributed by atoms with Gasteiger partial charge in [-0.15, -0.1) is 0 Å². The van der Waals surface area contributed by atoms with E-state index in [1.165, 1.54) is 0 Å². The summed E-state index contributed by atoms with van der Waals surface area (Å²) in [4.78, 5) is 2.39.